The Hall–Kier alpha value is -2.85. The zero-order chi connectivity index (χ0) is 19.4. The highest BCUT2D eigenvalue weighted by molar-refractivity contribution is 8.03. The van der Waals surface area contributed by atoms with Crippen LogP contribution in [0.25, 0.3) is 0 Å². The lowest BCUT2D eigenvalue weighted by Gasteiger charge is -2.28. The molecule has 0 saturated carbocycles. The molecule has 0 bridgehead atoms. The molecule has 0 saturated heterocycles. The summed E-state index contributed by atoms with van der Waals surface area (Å²) >= 11 is 1.56. The van der Waals surface area contributed by atoms with Gasteiger partial charge >= 0.3 is 0 Å². The maximum atomic E-state index is 9.09. The minimum absolute atomic E-state index is 0.251. The Labute approximate surface area is 163 Å². The first-order chi connectivity index (χ1) is 13.0. The molecule has 6 nitrogen and oxygen atoms in total. The van der Waals surface area contributed by atoms with Crippen molar-refractivity contribution in [2.24, 2.45) is 0 Å². The number of nitrogens with one attached hydrogen (secondary N) is 1. The van der Waals surface area contributed by atoms with Crippen molar-refractivity contribution >= 4 is 23.3 Å². The summed E-state index contributed by atoms with van der Waals surface area (Å²) < 4.78 is 10.9. The van der Waals surface area contributed by atoms with E-state index >= 15 is 0 Å². The SMILES string of the molecule is C=C(Sc1cc2c(cc1C)OCO2)N(CCC#N)c1ccnc(NC)c1C. The van der Waals surface area contributed by atoms with Crippen LogP contribution in [-0.2, 0) is 0 Å². The smallest absolute Gasteiger partial charge is 0.231 e. The average molecular weight is 382 g/mol. The summed E-state index contributed by atoms with van der Waals surface area (Å²) in [6, 6.07) is 8.13. The normalized spacial score (nSPS) is 11.8. The molecule has 1 aliphatic heterocycles. The van der Waals surface area contributed by atoms with E-state index in [1.54, 1.807) is 18.0 Å². The molecule has 3 rings (SSSR count). The Kier molecular flexibility index (Phi) is 5.77. The number of benzene rings is 1. The Morgan fingerprint density at radius 2 is 2.11 bits per heavy atom. The van der Waals surface area contributed by atoms with Crippen LogP contribution in [0.1, 0.15) is 17.5 Å². The van der Waals surface area contributed by atoms with Crippen LogP contribution >= 0.6 is 11.8 Å². The molecule has 140 valence electrons. The monoisotopic (exact) mass is 382 g/mol. The van der Waals surface area contributed by atoms with E-state index in [9.17, 15) is 0 Å². The molecule has 0 atom stereocenters. The zero-order valence-corrected chi connectivity index (χ0v) is 16.5. The number of ether oxygens (including phenoxy) is 2. The van der Waals surface area contributed by atoms with E-state index in [2.05, 4.69) is 27.8 Å². The number of thioether (sulfide) groups is 1. The summed E-state index contributed by atoms with van der Waals surface area (Å²) in [5.74, 6) is 2.33. The predicted octanol–water partition coefficient (Wildman–Crippen LogP) is 4.45. The van der Waals surface area contributed by atoms with E-state index < -0.39 is 0 Å². The van der Waals surface area contributed by atoms with Gasteiger partial charge in [-0.1, -0.05) is 18.3 Å². The second kappa shape index (κ2) is 8.23. The second-order valence-electron chi connectivity index (χ2n) is 6.08. The number of nitrogens with zero attached hydrogens (tertiary/aromatic N) is 3. The summed E-state index contributed by atoms with van der Waals surface area (Å²) in [5.41, 5.74) is 3.09. The van der Waals surface area contributed by atoms with Gasteiger partial charge < -0.3 is 19.7 Å². The molecule has 2 heterocycles. The summed E-state index contributed by atoms with van der Waals surface area (Å²) in [7, 11) is 1.85. The van der Waals surface area contributed by atoms with Gasteiger partial charge in [0.2, 0.25) is 6.79 Å². The van der Waals surface area contributed by atoms with Crippen molar-refractivity contribution in [2.45, 2.75) is 25.2 Å². The summed E-state index contributed by atoms with van der Waals surface area (Å²) in [6.07, 6.45) is 2.16. The topological polar surface area (TPSA) is 70.4 Å². The fourth-order valence-corrected chi connectivity index (χ4v) is 3.87. The third kappa shape index (κ3) is 3.96. The van der Waals surface area contributed by atoms with Crippen LogP contribution in [0.2, 0.25) is 0 Å². The van der Waals surface area contributed by atoms with Crippen LogP contribution in [0.5, 0.6) is 11.5 Å². The maximum absolute atomic E-state index is 9.09. The molecule has 7 heteroatoms. The van der Waals surface area contributed by atoms with Crippen molar-refractivity contribution in [3.05, 3.63) is 47.1 Å². The number of pyridine rings is 1. The summed E-state index contributed by atoms with van der Waals surface area (Å²) in [5, 5.41) is 13.0. The van der Waals surface area contributed by atoms with Crippen molar-refractivity contribution < 1.29 is 9.47 Å². The molecule has 27 heavy (non-hydrogen) atoms. The van der Waals surface area contributed by atoms with Crippen molar-refractivity contribution in [1.82, 2.24) is 4.98 Å². The Balaban J connectivity index is 1.90. The van der Waals surface area contributed by atoms with E-state index in [1.807, 2.05) is 39.1 Å². The van der Waals surface area contributed by atoms with E-state index in [0.29, 0.717) is 13.0 Å². The summed E-state index contributed by atoms with van der Waals surface area (Å²) in [6.45, 7) is 9.13. The van der Waals surface area contributed by atoms with Gasteiger partial charge in [-0.25, -0.2) is 4.98 Å². The third-order valence-electron chi connectivity index (χ3n) is 4.35. The van der Waals surface area contributed by atoms with Crippen molar-refractivity contribution in [1.29, 1.82) is 5.26 Å². The van der Waals surface area contributed by atoms with Gasteiger partial charge in [-0.05, 0) is 37.6 Å². The fraction of sp³-hybridized carbons (Fsp3) is 0.300. The molecule has 1 aromatic carbocycles. The van der Waals surface area contributed by atoms with Crippen molar-refractivity contribution in [3.8, 4) is 17.6 Å². The van der Waals surface area contributed by atoms with E-state index in [0.717, 1.165) is 44.1 Å². The minimum atomic E-state index is 0.251. The Morgan fingerprint density at radius 1 is 1.37 bits per heavy atom. The molecule has 1 aliphatic rings. The number of rotatable bonds is 7. The van der Waals surface area contributed by atoms with Gasteiger partial charge in [-0.15, -0.1) is 0 Å². The van der Waals surface area contributed by atoms with Gasteiger partial charge in [0.05, 0.1) is 17.5 Å². The molecule has 1 N–H and O–H groups in total. The molecule has 0 unspecified atom stereocenters. The Bertz CT molecular complexity index is 908. The zero-order valence-electron chi connectivity index (χ0n) is 15.7. The third-order valence-corrected chi connectivity index (χ3v) is 5.46. The molecular weight excluding hydrogens is 360 g/mol. The number of aromatic nitrogens is 1. The molecule has 0 spiro atoms. The second-order valence-corrected chi connectivity index (χ2v) is 7.20. The maximum Gasteiger partial charge on any atom is 0.231 e. The molecule has 0 aliphatic carbocycles. The number of hydrogen-bond donors (Lipinski definition) is 1. The van der Waals surface area contributed by atoms with Crippen LogP contribution < -0.4 is 19.7 Å². The standard InChI is InChI=1S/C20H22N4O2S/c1-13-10-17-18(26-12-25-17)11-19(13)27-15(3)24(9-5-7-21)16-6-8-23-20(22-4)14(16)2/h6,8,10-11H,3,5,9,12H2,1-2,4H3,(H,22,23). The highest BCUT2D eigenvalue weighted by Crippen LogP contribution is 2.41. The molecule has 0 fully saturated rings. The Morgan fingerprint density at radius 3 is 2.81 bits per heavy atom. The summed E-state index contributed by atoms with van der Waals surface area (Å²) in [4.78, 5) is 7.46. The number of nitriles is 1. The first-order valence-electron chi connectivity index (χ1n) is 8.60. The van der Waals surface area contributed by atoms with E-state index in [1.165, 1.54) is 0 Å². The van der Waals surface area contributed by atoms with Gasteiger partial charge in [-0.3, -0.25) is 0 Å². The van der Waals surface area contributed by atoms with Gasteiger partial charge in [0.25, 0.3) is 0 Å². The van der Waals surface area contributed by atoms with Crippen LogP contribution in [0, 0.1) is 25.2 Å². The molecule has 0 radical (unpaired) electrons. The first-order valence-corrected chi connectivity index (χ1v) is 9.41. The number of fused-ring (bicyclic) bond motifs is 1. The lowest BCUT2D eigenvalue weighted by Crippen LogP contribution is -2.23. The lowest BCUT2D eigenvalue weighted by molar-refractivity contribution is 0.174. The predicted molar refractivity (Wildman–Crippen MR) is 108 cm³/mol. The van der Waals surface area contributed by atoms with Crippen LogP contribution in [0.4, 0.5) is 11.5 Å². The minimum Gasteiger partial charge on any atom is -0.454 e. The fourth-order valence-electron chi connectivity index (χ4n) is 2.93. The quantitative estimate of drug-likeness (QED) is 0.709. The number of hydrogen-bond acceptors (Lipinski definition) is 7. The van der Waals surface area contributed by atoms with Gasteiger partial charge in [0.1, 0.15) is 5.82 Å². The van der Waals surface area contributed by atoms with Crippen LogP contribution in [-0.4, -0.2) is 25.4 Å². The molecule has 0 amide bonds. The van der Waals surface area contributed by atoms with Gasteiger partial charge in [-0.2, -0.15) is 5.26 Å². The lowest BCUT2D eigenvalue weighted by atomic mass is 10.2. The van der Waals surface area contributed by atoms with Crippen molar-refractivity contribution in [3.63, 3.8) is 0 Å². The molecule has 2 aromatic rings. The van der Waals surface area contributed by atoms with Gasteiger partial charge in [0.15, 0.2) is 11.5 Å². The number of anilines is 2. The van der Waals surface area contributed by atoms with Crippen LogP contribution in [0.15, 0.2) is 40.9 Å². The van der Waals surface area contributed by atoms with Crippen molar-refractivity contribution in [2.75, 3.05) is 30.6 Å². The number of aryl methyl sites for hydroxylation is 1. The molecular formula is C20H22N4O2S. The average Bonchev–Trinajstić information content (AvgIpc) is 3.10. The van der Waals surface area contributed by atoms with E-state index in [-0.39, 0.29) is 6.79 Å². The highest BCUT2D eigenvalue weighted by atomic mass is 32.2. The highest BCUT2D eigenvalue weighted by Gasteiger charge is 2.20. The van der Waals surface area contributed by atoms with Crippen LogP contribution in [0.3, 0.4) is 0 Å². The van der Waals surface area contributed by atoms with E-state index in [4.69, 9.17) is 14.7 Å². The first kappa shape index (κ1) is 18.9. The largest absolute Gasteiger partial charge is 0.454 e. The molecule has 1 aromatic heterocycles. The van der Waals surface area contributed by atoms with Gasteiger partial charge in [0, 0.05) is 35.9 Å².